The van der Waals surface area contributed by atoms with E-state index in [2.05, 4.69) is 10.1 Å². The van der Waals surface area contributed by atoms with E-state index in [0.29, 0.717) is 35.9 Å². The van der Waals surface area contributed by atoms with Crippen molar-refractivity contribution in [2.45, 2.75) is 45.5 Å². The molecule has 0 aliphatic carbocycles. The Morgan fingerprint density at radius 1 is 1.33 bits per heavy atom. The summed E-state index contributed by atoms with van der Waals surface area (Å²) in [4.78, 5) is 4.13. The van der Waals surface area contributed by atoms with Crippen LogP contribution in [0.25, 0.3) is 5.57 Å². The van der Waals surface area contributed by atoms with Gasteiger partial charge in [0.1, 0.15) is 11.9 Å². The van der Waals surface area contributed by atoms with Crippen molar-refractivity contribution < 1.29 is 22.6 Å². The Balaban J connectivity index is 1.88. The molecule has 0 aromatic carbocycles. The standard InChI is InChI=1S/C22H24F3N3O2/c1-4-6-15(12-16(7-5-2)22(23,24)25)18-13-19-20(10-11-28(19)27-18)30-17-8-9-21(29-3)26-14-17/h4,6-9,12-14,20H,5,10-11H2,1-3H3/b6-4-,15-12+,16-7-. The number of alkyl halides is 3. The third-order valence-corrected chi connectivity index (χ3v) is 4.65. The summed E-state index contributed by atoms with van der Waals surface area (Å²) in [6.45, 7) is 4.07. The van der Waals surface area contributed by atoms with Crippen molar-refractivity contribution in [1.29, 1.82) is 0 Å². The summed E-state index contributed by atoms with van der Waals surface area (Å²) in [7, 11) is 1.54. The lowest BCUT2D eigenvalue weighted by Gasteiger charge is -2.12. The Labute approximate surface area is 173 Å². The molecule has 30 heavy (non-hydrogen) atoms. The number of aryl methyl sites for hydroxylation is 1. The monoisotopic (exact) mass is 419 g/mol. The molecule has 3 rings (SSSR count). The van der Waals surface area contributed by atoms with Gasteiger partial charge in [0.25, 0.3) is 0 Å². The highest BCUT2D eigenvalue weighted by molar-refractivity contribution is 5.74. The molecule has 3 heterocycles. The molecule has 0 fully saturated rings. The third kappa shape index (κ3) is 4.93. The summed E-state index contributed by atoms with van der Waals surface area (Å²) in [6.07, 6.45) is 3.58. The number of allylic oxidation sites excluding steroid dienone is 6. The van der Waals surface area contributed by atoms with E-state index in [4.69, 9.17) is 9.47 Å². The van der Waals surface area contributed by atoms with Crippen LogP contribution in [0.1, 0.15) is 44.2 Å². The van der Waals surface area contributed by atoms with Gasteiger partial charge in [-0.25, -0.2) is 4.98 Å². The van der Waals surface area contributed by atoms with E-state index < -0.39 is 11.7 Å². The van der Waals surface area contributed by atoms with Crippen LogP contribution >= 0.6 is 0 Å². The fourth-order valence-corrected chi connectivity index (χ4v) is 3.27. The van der Waals surface area contributed by atoms with Crippen LogP contribution in [0.2, 0.25) is 0 Å². The number of fused-ring (bicyclic) bond motifs is 1. The topological polar surface area (TPSA) is 49.2 Å². The number of hydrogen-bond acceptors (Lipinski definition) is 4. The highest BCUT2D eigenvalue weighted by Gasteiger charge is 2.32. The van der Waals surface area contributed by atoms with Gasteiger partial charge in [-0.1, -0.05) is 25.2 Å². The van der Waals surface area contributed by atoms with Crippen LogP contribution in [0.15, 0.2) is 54.3 Å². The maximum absolute atomic E-state index is 13.3. The number of pyridine rings is 1. The number of hydrogen-bond donors (Lipinski definition) is 0. The number of aromatic nitrogens is 3. The first-order valence-corrected chi connectivity index (χ1v) is 9.72. The van der Waals surface area contributed by atoms with Gasteiger partial charge in [-0.05, 0) is 31.6 Å². The molecule has 0 spiro atoms. The van der Waals surface area contributed by atoms with Gasteiger partial charge >= 0.3 is 6.18 Å². The predicted molar refractivity (Wildman–Crippen MR) is 108 cm³/mol. The Bertz CT molecular complexity index is 957. The molecule has 2 aromatic heterocycles. The van der Waals surface area contributed by atoms with E-state index in [0.717, 1.165) is 18.2 Å². The zero-order valence-electron chi connectivity index (χ0n) is 17.1. The van der Waals surface area contributed by atoms with Gasteiger partial charge < -0.3 is 9.47 Å². The summed E-state index contributed by atoms with van der Waals surface area (Å²) in [5.41, 5.74) is 1.03. The largest absolute Gasteiger partial charge is 0.482 e. The molecule has 0 bridgehead atoms. The number of rotatable bonds is 7. The second kappa shape index (κ2) is 9.19. The van der Waals surface area contributed by atoms with E-state index in [1.807, 2.05) is 0 Å². The quantitative estimate of drug-likeness (QED) is 0.543. The van der Waals surface area contributed by atoms with Gasteiger partial charge in [-0.2, -0.15) is 18.3 Å². The van der Waals surface area contributed by atoms with E-state index in [9.17, 15) is 13.2 Å². The maximum atomic E-state index is 13.3. The van der Waals surface area contributed by atoms with Crippen molar-refractivity contribution in [2.75, 3.05) is 7.11 Å². The van der Waals surface area contributed by atoms with E-state index in [1.54, 1.807) is 55.1 Å². The van der Waals surface area contributed by atoms with Crippen molar-refractivity contribution in [1.82, 2.24) is 14.8 Å². The van der Waals surface area contributed by atoms with Crippen LogP contribution in [0.3, 0.4) is 0 Å². The van der Waals surface area contributed by atoms with Crippen LogP contribution in [-0.2, 0) is 6.54 Å². The molecule has 0 radical (unpaired) electrons. The van der Waals surface area contributed by atoms with Gasteiger partial charge in [0.2, 0.25) is 5.88 Å². The Morgan fingerprint density at radius 2 is 2.13 bits per heavy atom. The molecule has 160 valence electrons. The van der Waals surface area contributed by atoms with Crippen LogP contribution in [-0.4, -0.2) is 28.1 Å². The van der Waals surface area contributed by atoms with Crippen LogP contribution in [0, 0.1) is 0 Å². The molecule has 1 aliphatic rings. The van der Waals surface area contributed by atoms with E-state index in [1.165, 1.54) is 13.2 Å². The van der Waals surface area contributed by atoms with Gasteiger partial charge in [-0.15, -0.1) is 0 Å². The normalized spacial score (nSPS) is 17.5. The second-order valence-corrected chi connectivity index (χ2v) is 6.77. The highest BCUT2D eigenvalue weighted by Crippen LogP contribution is 2.34. The number of methoxy groups -OCH3 is 1. The molecule has 1 aliphatic heterocycles. The lowest BCUT2D eigenvalue weighted by Crippen LogP contribution is -2.10. The van der Waals surface area contributed by atoms with Gasteiger partial charge in [0.15, 0.2) is 0 Å². The smallest absolute Gasteiger partial charge is 0.416 e. The maximum Gasteiger partial charge on any atom is 0.416 e. The molecular formula is C22H24F3N3O2. The zero-order chi connectivity index (χ0) is 21.7. The van der Waals surface area contributed by atoms with Gasteiger partial charge in [0.05, 0.1) is 30.3 Å². The van der Waals surface area contributed by atoms with E-state index >= 15 is 0 Å². The lowest BCUT2D eigenvalue weighted by molar-refractivity contribution is -0.0883. The molecule has 5 nitrogen and oxygen atoms in total. The molecule has 0 saturated heterocycles. The predicted octanol–water partition coefficient (Wildman–Crippen LogP) is 5.67. The van der Waals surface area contributed by atoms with Crippen LogP contribution in [0.5, 0.6) is 11.6 Å². The minimum absolute atomic E-state index is 0.249. The molecule has 1 unspecified atom stereocenters. The number of ether oxygens (including phenoxy) is 2. The first kappa shape index (κ1) is 21.7. The van der Waals surface area contributed by atoms with Gasteiger partial charge in [-0.3, -0.25) is 4.68 Å². The fourth-order valence-electron chi connectivity index (χ4n) is 3.27. The Hall–Kier alpha value is -3.03. The highest BCUT2D eigenvalue weighted by atomic mass is 19.4. The summed E-state index contributed by atoms with van der Waals surface area (Å²) in [6, 6.07) is 5.26. The SMILES string of the molecule is C\C=C/C(=C\C(=C\CC)C(F)(F)F)c1cc2n(n1)CCC2Oc1ccc(OC)nc1. The average molecular weight is 419 g/mol. The minimum atomic E-state index is -4.42. The summed E-state index contributed by atoms with van der Waals surface area (Å²) < 4.78 is 52.9. The van der Waals surface area contributed by atoms with Crippen molar-refractivity contribution in [2.24, 2.45) is 0 Å². The van der Waals surface area contributed by atoms with E-state index in [-0.39, 0.29) is 6.10 Å². The zero-order valence-corrected chi connectivity index (χ0v) is 17.1. The van der Waals surface area contributed by atoms with Crippen LogP contribution < -0.4 is 9.47 Å². The molecule has 2 aromatic rings. The average Bonchev–Trinajstić information content (AvgIpc) is 3.29. The molecule has 0 N–H and O–H groups in total. The summed E-state index contributed by atoms with van der Waals surface area (Å²) in [5.74, 6) is 1.08. The van der Waals surface area contributed by atoms with Crippen molar-refractivity contribution >= 4 is 5.57 Å². The molecule has 1 atom stereocenters. The molecule has 0 amide bonds. The summed E-state index contributed by atoms with van der Waals surface area (Å²) >= 11 is 0. The molecule has 0 saturated carbocycles. The lowest BCUT2D eigenvalue weighted by atomic mass is 10.1. The first-order valence-electron chi connectivity index (χ1n) is 9.72. The fraction of sp³-hybridized carbons (Fsp3) is 0.364. The Kier molecular flexibility index (Phi) is 6.64. The minimum Gasteiger partial charge on any atom is -0.482 e. The Morgan fingerprint density at radius 3 is 2.73 bits per heavy atom. The summed E-state index contributed by atoms with van der Waals surface area (Å²) in [5, 5.41) is 4.51. The number of halogens is 3. The van der Waals surface area contributed by atoms with Gasteiger partial charge in [0, 0.05) is 24.6 Å². The van der Waals surface area contributed by atoms with Crippen molar-refractivity contribution in [3.05, 3.63) is 65.7 Å². The molecule has 8 heteroatoms. The molecular weight excluding hydrogens is 395 g/mol. The van der Waals surface area contributed by atoms with Crippen molar-refractivity contribution in [3.63, 3.8) is 0 Å². The number of nitrogens with zero attached hydrogens (tertiary/aromatic N) is 3. The van der Waals surface area contributed by atoms with Crippen molar-refractivity contribution in [3.8, 4) is 11.6 Å². The third-order valence-electron chi connectivity index (χ3n) is 4.65. The second-order valence-electron chi connectivity index (χ2n) is 6.77. The first-order chi connectivity index (χ1) is 14.4. The van der Waals surface area contributed by atoms with Crippen LogP contribution in [0.4, 0.5) is 13.2 Å².